The number of hydrogen-bond acceptors (Lipinski definition) is 4. The van der Waals surface area contributed by atoms with Gasteiger partial charge in [0.2, 0.25) is 11.8 Å². The van der Waals surface area contributed by atoms with Crippen molar-refractivity contribution in [1.82, 2.24) is 14.4 Å². The van der Waals surface area contributed by atoms with E-state index in [2.05, 4.69) is 4.90 Å². The van der Waals surface area contributed by atoms with Crippen LogP contribution in [0.3, 0.4) is 0 Å². The molecule has 1 aliphatic heterocycles. The SMILES string of the molecule is O=C(CCC(=O)n1ccc2ccccc21)N1CCN(CCO)CC1. The maximum absolute atomic E-state index is 12.4. The number of amides is 1. The number of piperazine rings is 1. The predicted octanol–water partition coefficient (Wildman–Crippen LogP) is 1.20. The summed E-state index contributed by atoms with van der Waals surface area (Å²) in [4.78, 5) is 28.7. The lowest BCUT2D eigenvalue weighted by Crippen LogP contribution is -2.49. The number of benzene rings is 1. The molecular formula is C18H23N3O3. The molecule has 0 spiro atoms. The molecule has 1 amide bonds. The summed E-state index contributed by atoms with van der Waals surface area (Å²) >= 11 is 0. The Kier molecular flexibility index (Phi) is 5.27. The van der Waals surface area contributed by atoms with E-state index in [4.69, 9.17) is 5.11 Å². The fourth-order valence-corrected chi connectivity index (χ4v) is 3.16. The van der Waals surface area contributed by atoms with E-state index in [1.165, 1.54) is 0 Å². The van der Waals surface area contributed by atoms with Crippen LogP contribution in [0.15, 0.2) is 36.5 Å². The molecular weight excluding hydrogens is 306 g/mol. The Labute approximate surface area is 141 Å². The highest BCUT2D eigenvalue weighted by Crippen LogP contribution is 2.16. The van der Waals surface area contributed by atoms with Crippen LogP contribution in [0.1, 0.15) is 17.6 Å². The minimum absolute atomic E-state index is 0.0310. The van der Waals surface area contributed by atoms with Crippen LogP contribution < -0.4 is 0 Å². The normalized spacial score (nSPS) is 15.8. The number of aliphatic hydroxyl groups is 1. The van der Waals surface area contributed by atoms with Crippen LogP contribution in [0.2, 0.25) is 0 Å². The molecule has 1 aromatic carbocycles. The van der Waals surface area contributed by atoms with Crippen molar-refractivity contribution in [3.8, 4) is 0 Å². The number of rotatable bonds is 5. The number of fused-ring (bicyclic) bond motifs is 1. The highest BCUT2D eigenvalue weighted by molar-refractivity contribution is 5.93. The van der Waals surface area contributed by atoms with E-state index in [0.29, 0.717) is 19.6 Å². The molecule has 0 radical (unpaired) electrons. The van der Waals surface area contributed by atoms with Crippen molar-refractivity contribution in [2.45, 2.75) is 12.8 Å². The number of carbonyl (C=O) groups excluding carboxylic acids is 2. The third kappa shape index (κ3) is 3.66. The fraction of sp³-hybridized carbons (Fsp3) is 0.444. The molecule has 0 aliphatic carbocycles. The van der Waals surface area contributed by atoms with E-state index >= 15 is 0 Å². The molecule has 2 aromatic rings. The zero-order valence-electron chi connectivity index (χ0n) is 13.7. The number of carbonyl (C=O) groups is 2. The summed E-state index contributed by atoms with van der Waals surface area (Å²) in [7, 11) is 0. The summed E-state index contributed by atoms with van der Waals surface area (Å²) in [5, 5.41) is 9.97. The van der Waals surface area contributed by atoms with E-state index in [-0.39, 0.29) is 31.3 Å². The Morgan fingerprint density at radius 2 is 1.67 bits per heavy atom. The molecule has 128 valence electrons. The topological polar surface area (TPSA) is 65.8 Å². The molecule has 0 unspecified atom stereocenters. The first-order valence-electron chi connectivity index (χ1n) is 8.39. The lowest BCUT2D eigenvalue weighted by atomic mass is 10.2. The largest absolute Gasteiger partial charge is 0.395 e. The number of aliphatic hydroxyl groups excluding tert-OH is 1. The van der Waals surface area contributed by atoms with Crippen LogP contribution in [0.5, 0.6) is 0 Å². The van der Waals surface area contributed by atoms with E-state index < -0.39 is 0 Å². The minimum Gasteiger partial charge on any atom is -0.395 e. The number of para-hydroxylation sites is 1. The minimum atomic E-state index is -0.0523. The maximum Gasteiger partial charge on any atom is 0.231 e. The van der Waals surface area contributed by atoms with Gasteiger partial charge in [-0.2, -0.15) is 0 Å². The summed E-state index contributed by atoms with van der Waals surface area (Å²) in [6.45, 7) is 3.69. The zero-order chi connectivity index (χ0) is 16.9. The maximum atomic E-state index is 12.4. The lowest BCUT2D eigenvalue weighted by molar-refractivity contribution is -0.132. The summed E-state index contributed by atoms with van der Waals surface area (Å²) in [6, 6.07) is 9.64. The highest BCUT2D eigenvalue weighted by Gasteiger charge is 2.21. The lowest BCUT2D eigenvalue weighted by Gasteiger charge is -2.34. The number of β-amino-alcohol motifs (C(OH)–C–C–N with tert-alkyl or cyclic N) is 1. The molecule has 0 saturated carbocycles. The molecule has 1 N–H and O–H groups in total. The summed E-state index contributed by atoms with van der Waals surface area (Å²) in [5.41, 5.74) is 0.882. The Bertz CT molecular complexity index is 717. The van der Waals surface area contributed by atoms with Gasteiger partial charge in [-0.25, -0.2) is 0 Å². The first kappa shape index (κ1) is 16.7. The zero-order valence-corrected chi connectivity index (χ0v) is 13.7. The summed E-state index contributed by atoms with van der Waals surface area (Å²) in [6.07, 6.45) is 2.23. The average molecular weight is 329 g/mol. The van der Waals surface area contributed by atoms with Gasteiger partial charge in [0.15, 0.2) is 0 Å². The smallest absolute Gasteiger partial charge is 0.231 e. The van der Waals surface area contributed by atoms with Crippen LogP contribution in [-0.2, 0) is 4.79 Å². The molecule has 3 rings (SSSR count). The van der Waals surface area contributed by atoms with Gasteiger partial charge in [-0.15, -0.1) is 0 Å². The van der Waals surface area contributed by atoms with Gasteiger partial charge >= 0.3 is 0 Å². The van der Waals surface area contributed by atoms with Crippen molar-refractivity contribution in [2.75, 3.05) is 39.3 Å². The van der Waals surface area contributed by atoms with Crippen molar-refractivity contribution >= 4 is 22.7 Å². The average Bonchev–Trinajstić information content (AvgIpc) is 3.04. The van der Waals surface area contributed by atoms with Crippen LogP contribution in [-0.4, -0.2) is 70.6 Å². The van der Waals surface area contributed by atoms with Gasteiger partial charge in [0.05, 0.1) is 12.1 Å². The van der Waals surface area contributed by atoms with Crippen molar-refractivity contribution < 1.29 is 14.7 Å². The third-order valence-electron chi connectivity index (χ3n) is 4.56. The van der Waals surface area contributed by atoms with Crippen molar-refractivity contribution in [3.63, 3.8) is 0 Å². The van der Waals surface area contributed by atoms with Gasteiger partial charge in [-0.3, -0.25) is 19.1 Å². The molecule has 6 nitrogen and oxygen atoms in total. The van der Waals surface area contributed by atoms with Crippen LogP contribution in [0.4, 0.5) is 0 Å². The second kappa shape index (κ2) is 7.59. The van der Waals surface area contributed by atoms with Crippen molar-refractivity contribution in [2.24, 2.45) is 0 Å². The van der Waals surface area contributed by atoms with E-state index in [0.717, 1.165) is 24.0 Å². The Morgan fingerprint density at radius 3 is 2.42 bits per heavy atom. The molecule has 1 aliphatic rings. The Hall–Kier alpha value is -2.18. The van der Waals surface area contributed by atoms with Gasteiger partial charge in [0.1, 0.15) is 0 Å². The molecule has 1 aromatic heterocycles. The second-order valence-electron chi connectivity index (χ2n) is 6.08. The fourth-order valence-electron chi connectivity index (χ4n) is 3.16. The Balaban J connectivity index is 1.52. The van der Waals surface area contributed by atoms with Crippen LogP contribution in [0, 0.1) is 0 Å². The molecule has 0 atom stereocenters. The third-order valence-corrected chi connectivity index (χ3v) is 4.56. The molecule has 1 fully saturated rings. The molecule has 6 heteroatoms. The quantitative estimate of drug-likeness (QED) is 0.895. The predicted molar refractivity (Wildman–Crippen MR) is 91.9 cm³/mol. The van der Waals surface area contributed by atoms with Gasteiger partial charge in [-0.1, -0.05) is 18.2 Å². The summed E-state index contributed by atoms with van der Waals surface area (Å²) < 4.78 is 1.63. The van der Waals surface area contributed by atoms with E-state index in [1.54, 1.807) is 10.8 Å². The number of nitrogens with zero attached hydrogens (tertiary/aromatic N) is 3. The number of aromatic nitrogens is 1. The highest BCUT2D eigenvalue weighted by atomic mass is 16.3. The molecule has 0 bridgehead atoms. The van der Waals surface area contributed by atoms with Crippen LogP contribution in [0.25, 0.3) is 10.9 Å². The number of hydrogen-bond donors (Lipinski definition) is 1. The Morgan fingerprint density at radius 1 is 0.958 bits per heavy atom. The summed E-state index contributed by atoms with van der Waals surface area (Å²) in [5.74, 6) is -0.0214. The van der Waals surface area contributed by atoms with Gasteiger partial charge in [-0.05, 0) is 12.1 Å². The first-order valence-corrected chi connectivity index (χ1v) is 8.39. The van der Waals surface area contributed by atoms with Crippen molar-refractivity contribution in [1.29, 1.82) is 0 Å². The molecule has 2 heterocycles. The molecule has 1 saturated heterocycles. The monoisotopic (exact) mass is 329 g/mol. The van der Waals surface area contributed by atoms with Gasteiger partial charge < -0.3 is 10.0 Å². The second-order valence-corrected chi connectivity index (χ2v) is 6.08. The van der Waals surface area contributed by atoms with Gasteiger partial charge in [0, 0.05) is 57.1 Å². The van der Waals surface area contributed by atoms with E-state index in [1.807, 2.05) is 35.2 Å². The van der Waals surface area contributed by atoms with Crippen molar-refractivity contribution in [3.05, 3.63) is 36.5 Å². The van der Waals surface area contributed by atoms with Crippen LogP contribution >= 0.6 is 0 Å². The standard InChI is InChI=1S/C18H23N3O3/c22-14-13-19-9-11-20(12-10-19)17(23)5-6-18(24)21-8-7-15-3-1-2-4-16(15)21/h1-4,7-8,22H,5-6,9-14H2. The van der Waals surface area contributed by atoms with Gasteiger partial charge in [0.25, 0.3) is 0 Å². The van der Waals surface area contributed by atoms with E-state index in [9.17, 15) is 9.59 Å². The first-order chi connectivity index (χ1) is 11.7. The molecule has 24 heavy (non-hydrogen) atoms.